The van der Waals surface area contributed by atoms with Gasteiger partial charge in [0, 0.05) is 18.3 Å². The third-order valence-corrected chi connectivity index (χ3v) is 4.90. The molecule has 1 aliphatic carbocycles. The lowest BCUT2D eigenvalue weighted by atomic mass is 9.83. The van der Waals surface area contributed by atoms with Gasteiger partial charge in [-0.25, -0.2) is 0 Å². The molecular formula is C17H29N3. The van der Waals surface area contributed by atoms with Gasteiger partial charge in [0.1, 0.15) is 0 Å². The maximum atomic E-state index is 6.42. The summed E-state index contributed by atoms with van der Waals surface area (Å²) in [6.07, 6.45) is 8.20. The lowest BCUT2D eigenvalue weighted by Gasteiger charge is -2.42. The molecule has 0 radical (unpaired) electrons. The lowest BCUT2D eigenvalue weighted by molar-refractivity contribution is 0.0804. The Hall–Kier alpha value is -0.930. The van der Waals surface area contributed by atoms with Gasteiger partial charge in [0.05, 0.1) is 11.7 Å². The zero-order valence-electron chi connectivity index (χ0n) is 13.1. The van der Waals surface area contributed by atoms with Crippen LogP contribution in [0.2, 0.25) is 0 Å². The molecule has 1 aromatic heterocycles. The number of pyridine rings is 1. The maximum absolute atomic E-state index is 6.42. The van der Waals surface area contributed by atoms with Crippen LogP contribution in [0.15, 0.2) is 24.4 Å². The van der Waals surface area contributed by atoms with Crippen molar-refractivity contribution in [3.8, 4) is 0 Å². The van der Waals surface area contributed by atoms with Crippen molar-refractivity contribution in [3.05, 3.63) is 30.1 Å². The number of likely N-dealkylation sites (N-methyl/N-ethyl adjacent to an activating group) is 1. The molecule has 0 aromatic carbocycles. The molecule has 1 aromatic rings. The predicted molar refractivity (Wildman–Crippen MR) is 84.4 cm³/mol. The van der Waals surface area contributed by atoms with Crippen LogP contribution in [-0.2, 0) is 0 Å². The van der Waals surface area contributed by atoms with E-state index < -0.39 is 0 Å². The van der Waals surface area contributed by atoms with Crippen LogP contribution >= 0.6 is 0 Å². The molecule has 2 N–H and O–H groups in total. The molecule has 0 amide bonds. The van der Waals surface area contributed by atoms with E-state index in [0.717, 1.165) is 18.0 Å². The van der Waals surface area contributed by atoms with Crippen LogP contribution in [0.3, 0.4) is 0 Å². The molecule has 0 aliphatic heterocycles. The van der Waals surface area contributed by atoms with E-state index in [0.29, 0.717) is 6.04 Å². The van der Waals surface area contributed by atoms with Gasteiger partial charge in [0.2, 0.25) is 0 Å². The largest absolute Gasteiger partial charge is 0.326 e. The van der Waals surface area contributed by atoms with Crippen LogP contribution in [0.25, 0.3) is 0 Å². The van der Waals surface area contributed by atoms with Crippen LogP contribution in [0, 0.1) is 5.92 Å². The molecule has 20 heavy (non-hydrogen) atoms. The van der Waals surface area contributed by atoms with Gasteiger partial charge in [-0.15, -0.1) is 0 Å². The zero-order chi connectivity index (χ0) is 14.5. The number of hydrogen-bond acceptors (Lipinski definition) is 3. The Bertz CT molecular complexity index is 392. The van der Waals surface area contributed by atoms with E-state index in [-0.39, 0.29) is 12.1 Å². The highest BCUT2D eigenvalue weighted by molar-refractivity contribution is 5.12. The highest BCUT2D eigenvalue weighted by Gasteiger charge is 2.33. The summed E-state index contributed by atoms with van der Waals surface area (Å²) in [5, 5.41) is 0. The summed E-state index contributed by atoms with van der Waals surface area (Å²) in [7, 11) is 2.24. The second-order valence-corrected chi connectivity index (χ2v) is 6.27. The molecule has 0 saturated heterocycles. The molecule has 0 bridgehead atoms. The lowest BCUT2D eigenvalue weighted by Crippen LogP contribution is -2.47. The number of aromatic nitrogens is 1. The van der Waals surface area contributed by atoms with E-state index in [2.05, 4.69) is 42.9 Å². The van der Waals surface area contributed by atoms with Gasteiger partial charge in [-0.1, -0.05) is 32.8 Å². The van der Waals surface area contributed by atoms with Crippen molar-refractivity contribution in [2.24, 2.45) is 11.7 Å². The summed E-state index contributed by atoms with van der Waals surface area (Å²) in [5.74, 6) is 0.754. The van der Waals surface area contributed by atoms with E-state index in [4.69, 9.17) is 5.73 Å². The van der Waals surface area contributed by atoms with E-state index in [1.807, 2.05) is 12.3 Å². The van der Waals surface area contributed by atoms with Crippen molar-refractivity contribution in [2.75, 3.05) is 7.05 Å². The first-order chi connectivity index (χ1) is 9.65. The molecule has 1 aliphatic rings. The van der Waals surface area contributed by atoms with Crippen molar-refractivity contribution in [1.29, 1.82) is 0 Å². The Morgan fingerprint density at radius 3 is 2.70 bits per heavy atom. The summed E-state index contributed by atoms with van der Waals surface area (Å²) in [6, 6.07) is 7.16. The number of nitrogens with two attached hydrogens (primary N) is 1. The normalized spacial score (nSPS) is 26.4. The Morgan fingerprint density at radius 2 is 2.10 bits per heavy atom. The van der Waals surface area contributed by atoms with Crippen molar-refractivity contribution in [3.63, 3.8) is 0 Å². The molecule has 2 rings (SSSR count). The maximum Gasteiger partial charge on any atom is 0.0673 e. The SMILES string of the molecule is CCC(N)C(c1ccccn1)N(C)C1CCCCC1C. The fourth-order valence-corrected chi connectivity index (χ4v) is 3.61. The molecule has 0 spiro atoms. The van der Waals surface area contributed by atoms with Crippen molar-refractivity contribution in [1.82, 2.24) is 9.88 Å². The topological polar surface area (TPSA) is 42.1 Å². The summed E-state index contributed by atoms with van der Waals surface area (Å²) in [6.45, 7) is 4.55. The molecule has 1 heterocycles. The first-order valence-corrected chi connectivity index (χ1v) is 8.03. The third kappa shape index (κ3) is 3.39. The second kappa shape index (κ2) is 7.19. The second-order valence-electron chi connectivity index (χ2n) is 6.27. The monoisotopic (exact) mass is 275 g/mol. The standard InChI is InChI=1S/C17H29N3/c1-4-14(18)17(15-10-7-8-12-19-15)20(3)16-11-6-5-9-13(16)2/h7-8,10,12-14,16-17H,4-6,9,11,18H2,1-3H3. The Kier molecular flexibility index (Phi) is 5.55. The van der Waals surface area contributed by atoms with Gasteiger partial charge in [0.25, 0.3) is 0 Å². The van der Waals surface area contributed by atoms with Gasteiger partial charge in [0.15, 0.2) is 0 Å². The minimum atomic E-state index is 0.143. The van der Waals surface area contributed by atoms with E-state index in [9.17, 15) is 0 Å². The number of hydrogen-bond donors (Lipinski definition) is 1. The fraction of sp³-hybridized carbons (Fsp3) is 0.706. The number of rotatable bonds is 5. The minimum Gasteiger partial charge on any atom is -0.326 e. The van der Waals surface area contributed by atoms with E-state index >= 15 is 0 Å². The van der Waals surface area contributed by atoms with Gasteiger partial charge in [-0.3, -0.25) is 9.88 Å². The summed E-state index contributed by atoms with van der Waals surface area (Å²) >= 11 is 0. The summed E-state index contributed by atoms with van der Waals surface area (Å²) < 4.78 is 0. The quantitative estimate of drug-likeness (QED) is 0.896. The number of nitrogens with zero attached hydrogens (tertiary/aromatic N) is 2. The third-order valence-electron chi connectivity index (χ3n) is 4.90. The molecule has 4 atom stereocenters. The highest BCUT2D eigenvalue weighted by atomic mass is 15.2. The predicted octanol–water partition coefficient (Wildman–Crippen LogP) is 3.37. The summed E-state index contributed by atoms with van der Waals surface area (Å²) in [5.41, 5.74) is 7.53. The average molecular weight is 275 g/mol. The highest BCUT2D eigenvalue weighted by Crippen LogP contribution is 2.33. The molecule has 3 nitrogen and oxygen atoms in total. The molecule has 3 heteroatoms. The van der Waals surface area contributed by atoms with Gasteiger partial charge < -0.3 is 5.73 Å². The van der Waals surface area contributed by atoms with Crippen LogP contribution in [0.4, 0.5) is 0 Å². The molecule has 112 valence electrons. The molecule has 4 unspecified atom stereocenters. The van der Waals surface area contributed by atoms with Gasteiger partial charge in [-0.05, 0) is 44.4 Å². The van der Waals surface area contributed by atoms with E-state index in [1.165, 1.54) is 25.7 Å². The molecule has 1 saturated carbocycles. The van der Waals surface area contributed by atoms with Crippen molar-refractivity contribution < 1.29 is 0 Å². The fourth-order valence-electron chi connectivity index (χ4n) is 3.61. The van der Waals surface area contributed by atoms with Crippen molar-refractivity contribution >= 4 is 0 Å². The van der Waals surface area contributed by atoms with E-state index in [1.54, 1.807) is 0 Å². The van der Waals surface area contributed by atoms with Crippen LogP contribution in [0.1, 0.15) is 57.7 Å². The van der Waals surface area contributed by atoms with Crippen LogP contribution < -0.4 is 5.73 Å². The average Bonchev–Trinajstić information content (AvgIpc) is 2.48. The van der Waals surface area contributed by atoms with Gasteiger partial charge in [-0.2, -0.15) is 0 Å². The van der Waals surface area contributed by atoms with Crippen molar-refractivity contribution in [2.45, 2.75) is 64.1 Å². The Labute approximate surface area is 123 Å². The molecular weight excluding hydrogens is 246 g/mol. The zero-order valence-corrected chi connectivity index (χ0v) is 13.1. The Morgan fingerprint density at radius 1 is 1.35 bits per heavy atom. The Balaban J connectivity index is 2.22. The first-order valence-electron chi connectivity index (χ1n) is 8.03. The molecule has 1 fully saturated rings. The minimum absolute atomic E-state index is 0.143. The first kappa shape index (κ1) is 15.5. The van der Waals surface area contributed by atoms with Gasteiger partial charge >= 0.3 is 0 Å². The summed E-state index contributed by atoms with van der Waals surface area (Å²) in [4.78, 5) is 7.07. The smallest absolute Gasteiger partial charge is 0.0673 e. The van der Waals surface area contributed by atoms with Crippen LogP contribution in [-0.4, -0.2) is 29.0 Å². The van der Waals surface area contributed by atoms with Crippen LogP contribution in [0.5, 0.6) is 0 Å².